The van der Waals surface area contributed by atoms with Gasteiger partial charge in [0.15, 0.2) is 0 Å². The minimum atomic E-state index is -0.630. The third kappa shape index (κ3) is 3.05. The molecule has 7 heavy (non-hydrogen) atoms. The second-order valence-corrected chi connectivity index (χ2v) is 0.838. The average Bonchev–Trinajstić information content (AvgIpc) is 1.68. The van der Waals surface area contributed by atoms with Gasteiger partial charge < -0.3 is 4.84 Å². The first-order valence-electron chi connectivity index (χ1n) is 1.47. The highest BCUT2D eigenvalue weighted by Gasteiger charge is 1.87. The maximum atomic E-state index is 9.91. The van der Waals surface area contributed by atoms with Crippen molar-refractivity contribution >= 4 is 18.4 Å². The summed E-state index contributed by atoms with van der Waals surface area (Å²) in [5, 5.41) is 0. The van der Waals surface area contributed by atoms with Crippen LogP contribution in [0.1, 0.15) is 0 Å². The van der Waals surface area contributed by atoms with Gasteiger partial charge in [-0.1, -0.05) is 6.58 Å². The topological polar surface area (TPSA) is 38.7 Å². The largest absolute Gasteiger partial charge is 0.359 e. The molecule has 0 aromatic rings. The van der Waals surface area contributed by atoms with E-state index in [0.717, 1.165) is 6.08 Å². The fourth-order valence-electron chi connectivity index (χ4n) is 0.0740. The van der Waals surface area contributed by atoms with E-state index < -0.39 is 5.97 Å². The van der Waals surface area contributed by atoms with Gasteiger partial charge in [0.25, 0.3) is 0 Å². The quantitative estimate of drug-likeness (QED) is 0.387. The van der Waals surface area contributed by atoms with Crippen LogP contribution in [0.25, 0.3) is 0 Å². The van der Waals surface area contributed by atoms with Crippen molar-refractivity contribution in [2.24, 2.45) is 4.53 Å². The van der Waals surface area contributed by atoms with Gasteiger partial charge in [0.1, 0.15) is 0 Å². The van der Waals surface area contributed by atoms with Crippen molar-refractivity contribution < 1.29 is 9.63 Å². The molecular formula is C3H3NO2S. The Balaban J connectivity index is 3.36. The first-order valence-corrected chi connectivity index (χ1v) is 1.84. The first-order chi connectivity index (χ1) is 3.31. The maximum Gasteiger partial charge on any atom is 0.359 e. The normalized spacial score (nSPS) is 6.86. The fraction of sp³-hybridized carbons (Fsp3) is 0. The third-order valence-corrected chi connectivity index (χ3v) is 0.368. The summed E-state index contributed by atoms with van der Waals surface area (Å²) in [4.78, 5) is 13.8. The Morgan fingerprint density at radius 2 is 2.57 bits per heavy atom. The number of hydrogen-bond donors (Lipinski definition) is 0. The van der Waals surface area contributed by atoms with Crippen LogP contribution in [-0.2, 0) is 22.1 Å². The van der Waals surface area contributed by atoms with E-state index in [9.17, 15) is 4.79 Å². The minimum Gasteiger partial charge on any atom is -0.302 e. The van der Waals surface area contributed by atoms with E-state index in [-0.39, 0.29) is 0 Å². The molecule has 0 aliphatic rings. The van der Waals surface area contributed by atoms with Crippen molar-refractivity contribution in [2.45, 2.75) is 0 Å². The van der Waals surface area contributed by atoms with Gasteiger partial charge in [-0.2, -0.15) is 0 Å². The van der Waals surface area contributed by atoms with Crippen LogP contribution in [0, 0.1) is 0 Å². The van der Waals surface area contributed by atoms with Gasteiger partial charge in [0.2, 0.25) is 0 Å². The number of carbonyl (C=O) groups is 1. The number of rotatable bonds is 2. The Bertz CT molecular complexity index is 101. The second kappa shape index (κ2) is 3.42. The summed E-state index contributed by atoms with van der Waals surface area (Å²) in [6, 6.07) is 0. The molecule has 0 unspecified atom stereocenters. The molecule has 0 rings (SSSR count). The van der Waals surface area contributed by atoms with E-state index in [1.807, 2.05) is 0 Å². The molecule has 0 atom stereocenters. The lowest BCUT2D eigenvalue weighted by atomic mass is 10.7. The molecule has 0 aliphatic heterocycles. The van der Waals surface area contributed by atoms with E-state index in [4.69, 9.17) is 0 Å². The van der Waals surface area contributed by atoms with Crippen LogP contribution in [0.15, 0.2) is 17.2 Å². The smallest absolute Gasteiger partial charge is 0.302 e. The Morgan fingerprint density at radius 1 is 2.00 bits per heavy atom. The van der Waals surface area contributed by atoms with Gasteiger partial charge in [-0.25, -0.2) is 4.79 Å². The summed E-state index contributed by atoms with van der Waals surface area (Å²) in [6.07, 6.45) is 0.982. The van der Waals surface area contributed by atoms with Crippen LogP contribution < -0.4 is 0 Å². The van der Waals surface area contributed by atoms with E-state index in [1.165, 1.54) is 0 Å². The van der Waals surface area contributed by atoms with Crippen molar-refractivity contribution in [3.8, 4) is 0 Å². The lowest BCUT2D eigenvalue weighted by molar-refractivity contribution is -0.137. The summed E-state index contributed by atoms with van der Waals surface area (Å²) < 4.78 is 2.67. The highest BCUT2D eigenvalue weighted by atomic mass is 32.1. The lowest BCUT2D eigenvalue weighted by Gasteiger charge is -1.80. The van der Waals surface area contributed by atoms with E-state index in [2.05, 4.69) is 28.4 Å². The molecule has 0 N–H and O–H groups in total. The molecule has 0 aliphatic carbocycles. The second-order valence-electron chi connectivity index (χ2n) is 0.689. The van der Waals surface area contributed by atoms with Gasteiger partial charge in [-0.3, -0.25) is 0 Å². The maximum absolute atomic E-state index is 9.91. The van der Waals surface area contributed by atoms with Gasteiger partial charge in [-0.05, 0) is 4.53 Å². The van der Waals surface area contributed by atoms with E-state index in [0.29, 0.717) is 0 Å². The highest BCUT2D eigenvalue weighted by molar-refractivity contribution is 7.47. The molecule has 0 fully saturated rings. The zero-order chi connectivity index (χ0) is 5.70. The predicted octanol–water partition coefficient (Wildman–Crippen LogP) is 0.361. The van der Waals surface area contributed by atoms with Gasteiger partial charge in [0, 0.05) is 6.08 Å². The van der Waals surface area contributed by atoms with Crippen molar-refractivity contribution in [3.63, 3.8) is 0 Å². The molecule has 0 aromatic carbocycles. The number of nitrogens with zero attached hydrogens (tertiary/aromatic N) is 1. The SMILES string of the molecule is C=CC(=O)ON=S. The Labute approximate surface area is 46.1 Å². The Kier molecular flexibility index (Phi) is 3.04. The van der Waals surface area contributed by atoms with Crippen LogP contribution in [0.4, 0.5) is 0 Å². The van der Waals surface area contributed by atoms with Gasteiger partial charge in [0.05, 0.1) is 12.4 Å². The molecule has 0 bridgehead atoms. The predicted molar refractivity (Wildman–Crippen MR) is 26.1 cm³/mol. The standard InChI is InChI=1S/C3H3NO2S/c1-2-3(5)6-4-7/h2H,1H2. The molecular weight excluding hydrogens is 114 g/mol. The molecule has 0 saturated carbocycles. The zero-order valence-electron chi connectivity index (χ0n) is 3.46. The number of carbonyl (C=O) groups excluding carboxylic acids is 1. The van der Waals surface area contributed by atoms with Crippen LogP contribution in [0.3, 0.4) is 0 Å². The lowest BCUT2D eigenvalue weighted by Crippen LogP contribution is -1.90. The zero-order valence-corrected chi connectivity index (χ0v) is 4.27. The molecule has 0 radical (unpaired) electrons. The highest BCUT2D eigenvalue weighted by Crippen LogP contribution is 1.75. The minimum absolute atomic E-state index is 0.630. The van der Waals surface area contributed by atoms with Crippen LogP contribution >= 0.6 is 0 Å². The van der Waals surface area contributed by atoms with Crippen molar-refractivity contribution in [2.75, 3.05) is 0 Å². The molecule has 0 amide bonds. The monoisotopic (exact) mass is 117 g/mol. The summed E-state index contributed by atoms with van der Waals surface area (Å²) in [7, 11) is 0. The fourth-order valence-corrected chi connectivity index (χ4v) is 0.147. The molecule has 0 aromatic heterocycles. The molecule has 38 valence electrons. The molecule has 4 heteroatoms. The third-order valence-electron chi connectivity index (χ3n) is 0.294. The van der Waals surface area contributed by atoms with Crippen LogP contribution in [-0.4, -0.2) is 5.97 Å². The van der Waals surface area contributed by atoms with Crippen LogP contribution in [0.2, 0.25) is 0 Å². The van der Waals surface area contributed by atoms with Gasteiger partial charge in [-0.15, -0.1) is 0 Å². The Morgan fingerprint density at radius 3 is 2.71 bits per heavy atom. The Hall–Kier alpha value is -0.770. The summed E-state index contributed by atoms with van der Waals surface area (Å²) in [5.74, 6) is -0.630. The first kappa shape index (κ1) is 6.23. The van der Waals surface area contributed by atoms with Gasteiger partial charge >= 0.3 is 5.97 Å². The molecule has 0 saturated heterocycles. The van der Waals surface area contributed by atoms with E-state index in [1.54, 1.807) is 0 Å². The summed E-state index contributed by atoms with van der Waals surface area (Å²) in [5.41, 5.74) is 0. The summed E-state index contributed by atoms with van der Waals surface area (Å²) in [6.45, 7) is 3.10. The van der Waals surface area contributed by atoms with Crippen molar-refractivity contribution in [1.82, 2.24) is 0 Å². The van der Waals surface area contributed by atoms with Crippen LogP contribution in [0.5, 0.6) is 0 Å². The summed E-state index contributed by atoms with van der Waals surface area (Å²) >= 11 is 3.93. The van der Waals surface area contributed by atoms with E-state index >= 15 is 0 Å². The average molecular weight is 117 g/mol. The van der Waals surface area contributed by atoms with Crippen molar-refractivity contribution in [3.05, 3.63) is 12.7 Å². The number of hydrogen-bond acceptors (Lipinski definition) is 4. The molecule has 0 heterocycles. The molecule has 3 nitrogen and oxygen atoms in total. The molecule has 0 spiro atoms. The van der Waals surface area contributed by atoms with Crippen molar-refractivity contribution in [1.29, 1.82) is 0 Å².